The zero-order chi connectivity index (χ0) is 14.0. The summed E-state index contributed by atoms with van der Waals surface area (Å²) in [6.45, 7) is 1.89. The van der Waals surface area contributed by atoms with E-state index in [-0.39, 0.29) is 5.56 Å². The summed E-state index contributed by atoms with van der Waals surface area (Å²) in [5.74, 6) is -0.999. The fourth-order valence-corrected chi connectivity index (χ4v) is 2.02. The Hall–Kier alpha value is -1.71. The highest BCUT2D eigenvalue weighted by atomic mass is 35.5. The molecule has 0 bridgehead atoms. The van der Waals surface area contributed by atoms with Crippen LogP contribution in [0.3, 0.4) is 0 Å². The lowest BCUT2D eigenvalue weighted by Gasteiger charge is -2.12. The van der Waals surface area contributed by atoms with Gasteiger partial charge in [0, 0.05) is 5.02 Å². The summed E-state index contributed by atoms with van der Waals surface area (Å²) in [5.41, 5.74) is 2.19. The van der Waals surface area contributed by atoms with Gasteiger partial charge in [-0.15, -0.1) is 0 Å². The van der Waals surface area contributed by atoms with Crippen LogP contribution in [0, 0.1) is 6.92 Å². The van der Waals surface area contributed by atoms with E-state index in [1.165, 1.54) is 0 Å². The second-order valence-electron chi connectivity index (χ2n) is 4.10. The molecule has 0 atom stereocenters. The molecule has 0 fully saturated rings. The molecule has 0 heterocycles. The minimum Gasteiger partial charge on any atom is -0.478 e. The summed E-state index contributed by atoms with van der Waals surface area (Å²) < 4.78 is 0. The van der Waals surface area contributed by atoms with Crippen molar-refractivity contribution in [3.63, 3.8) is 0 Å². The van der Waals surface area contributed by atoms with E-state index >= 15 is 0 Å². The lowest BCUT2D eigenvalue weighted by Crippen LogP contribution is -2.03. The standard InChI is InChI=1S/C14H11Cl2NO2/c1-8-2-4-10(14(18)19)12(6-8)17-13-7-9(15)3-5-11(13)16/h2-7,17H,1H3,(H,18,19). The number of hydrogen-bond acceptors (Lipinski definition) is 2. The maximum absolute atomic E-state index is 11.2. The van der Waals surface area contributed by atoms with Crippen molar-refractivity contribution in [1.29, 1.82) is 0 Å². The second kappa shape index (κ2) is 5.51. The number of rotatable bonds is 3. The fourth-order valence-electron chi connectivity index (χ4n) is 1.69. The van der Waals surface area contributed by atoms with E-state index in [2.05, 4.69) is 5.32 Å². The number of carboxylic acids is 1. The average Bonchev–Trinajstić information content (AvgIpc) is 2.33. The summed E-state index contributed by atoms with van der Waals surface area (Å²) in [4.78, 5) is 11.2. The molecule has 2 aromatic carbocycles. The van der Waals surface area contributed by atoms with Crippen LogP contribution in [-0.4, -0.2) is 11.1 Å². The molecule has 0 unspecified atom stereocenters. The Morgan fingerprint density at radius 2 is 1.84 bits per heavy atom. The lowest BCUT2D eigenvalue weighted by molar-refractivity contribution is 0.0698. The molecule has 5 heteroatoms. The molecular weight excluding hydrogens is 285 g/mol. The average molecular weight is 296 g/mol. The summed E-state index contributed by atoms with van der Waals surface area (Å²) in [7, 11) is 0. The Morgan fingerprint density at radius 1 is 1.11 bits per heavy atom. The van der Waals surface area contributed by atoms with Crippen LogP contribution < -0.4 is 5.32 Å². The van der Waals surface area contributed by atoms with Gasteiger partial charge in [-0.1, -0.05) is 29.3 Å². The number of aryl methyl sites for hydroxylation is 1. The molecule has 0 aromatic heterocycles. The minimum absolute atomic E-state index is 0.182. The molecule has 0 spiro atoms. The smallest absolute Gasteiger partial charge is 0.337 e. The molecule has 2 N–H and O–H groups in total. The van der Waals surface area contributed by atoms with E-state index in [1.54, 1.807) is 36.4 Å². The predicted octanol–water partition coefficient (Wildman–Crippen LogP) is 4.74. The van der Waals surface area contributed by atoms with Crippen LogP contribution in [0.1, 0.15) is 15.9 Å². The van der Waals surface area contributed by atoms with Crippen molar-refractivity contribution in [2.75, 3.05) is 5.32 Å². The van der Waals surface area contributed by atoms with Gasteiger partial charge >= 0.3 is 5.97 Å². The predicted molar refractivity (Wildman–Crippen MR) is 77.9 cm³/mol. The number of carboxylic acid groups (broad SMARTS) is 1. The van der Waals surface area contributed by atoms with Crippen molar-refractivity contribution in [2.45, 2.75) is 6.92 Å². The molecule has 2 aromatic rings. The molecule has 0 amide bonds. The van der Waals surface area contributed by atoms with Crippen LogP contribution in [0.4, 0.5) is 11.4 Å². The number of benzene rings is 2. The van der Waals surface area contributed by atoms with Crippen molar-refractivity contribution in [1.82, 2.24) is 0 Å². The van der Waals surface area contributed by atoms with Gasteiger partial charge in [0.1, 0.15) is 0 Å². The molecule has 19 heavy (non-hydrogen) atoms. The van der Waals surface area contributed by atoms with Gasteiger partial charge in [-0.3, -0.25) is 0 Å². The zero-order valence-corrected chi connectivity index (χ0v) is 11.6. The Bertz CT molecular complexity index is 641. The molecule has 98 valence electrons. The zero-order valence-electron chi connectivity index (χ0n) is 10.1. The third kappa shape index (κ3) is 3.19. The second-order valence-corrected chi connectivity index (χ2v) is 4.95. The van der Waals surface area contributed by atoms with Gasteiger partial charge in [0.2, 0.25) is 0 Å². The monoisotopic (exact) mass is 295 g/mol. The fraction of sp³-hybridized carbons (Fsp3) is 0.0714. The molecule has 0 aliphatic carbocycles. The Kier molecular flexibility index (Phi) is 3.98. The topological polar surface area (TPSA) is 49.3 Å². The van der Waals surface area contributed by atoms with Crippen molar-refractivity contribution in [2.24, 2.45) is 0 Å². The molecule has 0 aliphatic rings. The van der Waals surface area contributed by atoms with Crippen molar-refractivity contribution in [3.8, 4) is 0 Å². The van der Waals surface area contributed by atoms with E-state index in [0.29, 0.717) is 21.4 Å². The number of nitrogens with one attached hydrogen (secondary N) is 1. The summed E-state index contributed by atoms with van der Waals surface area (Å²) in [6, 6.07) is 10.0. The largest absolute Gasteiger partial charge is 0.478 e. The Morgan fingerprint density at radius 3 is 2.53 bits per heavy atom. The highest BCUT2D eigenvalue weighted by molar-refractivity contribution is 6.35. The van der Waals surface area contributed by atoms with Crippen LogP contribution in [0.25, 0.3) is 0 Å². The van der Waals surface area contributed by atoms with Crippen LogP contribution in [-0.2, 0) is 0 Å². The van der Waals surface area contributed by atoms with E-state index < -0.39 is 5.97 Å². The molecule has 3 nitrogen and oxygen atoms in total. The van der Waals surface area contributed by atoms with Crippen molar-refractivity contribution >= 4 is 40.5 Å². The first-order chi connectivity index (χ1) is 8.97. The quantitative estimate of drug-likeness (QED) is 0.859. The molecule has 0 saturated carbocycles. The number of halogens is 2. The maximum Gasteiger partial charge on any atom is 0.337 e. The van der Waals surface area contributed by atoms with Gasteiger partial charge in [0.25, 0.3) is 0 Å². The van der Waals surface area contributed by atoms with Gasteiger partial charge in [-0.25, -0.2) is 4.79 Å². The number of anilines is 2. The van der Waals surface area contributed by atoms with E-state index in [9.17, 15) is 4.79 Å². The van der Waals surface area contributed by atoms with Crippen LogP contribution in [0.15, 0.2) is 36.4 Å². The van der Waals surface area contributed by atoms with Gasteiger partial charge in [-0.05, 0) is 42.8 Å². The van der Waals surface area contributed by atoms with E-state index in [1.807, 2.05) is 6.92 Å². The van der Waals surface area contributed by atoms with Gasteiger partial charge in [-0.2, -0.15) is 0 Å². The van der Waals surface area contributed by atoms with Crippen LogP contribution in [0.5, 0.6) is 0 Å². The summed E-state index contributed by atoms with van der Waals surface area (Å²) in [6.07, 6.45) is 0. The first-order valence-electron chi connectivity index (χ1n) is 5.53. The Balaban J connectivity index is 2.45. The van der Waals surface area contributed by atoms with Crippen LogP contribution >= 0.6 is 23.2 Å². The third-order valence-corrected chi connectivity index (χ3v) is 3.17. The normalized spacial score (nSPS) is 10.3. The molecule has 2 rings (SSSR count). The first-order valence-corrected chi connectivity index (χ1v) is 6.29. The Labute approximate surface area is 120 Å². The van der Waals surface area contributed by atoms with Gasteiger partial charge in [0.05, 0.1) is 22.0 Å². The lowest BCUT2D eigenvalue weighted by atomic mass is 10.1. The summed E-state index contributed by atoms with van der Waals surface area (Å²) in [5, 5.41) is 13.2. The maximum atomic E-state index is 11.2. The first kappa shape index (κ1) is 13.7. The third-order valence-electron chi connectivity index (χ3n) is 2.60. The van der Waals surface area contributed by atoms with E-state index in [0.717, 1.165) is 5.56 Å². The van der Waals surface area contributed by atoms with E-state index in [4.69, 9.17) is 28.3 Å². The van der Waals surface area contributed by atoms with Gasteiger partial charge < -0.3 is 10.4 Å². The van der Waals surface area contributed by atoms with Gasteiger partial charge in [0.15, 0.2) is 0 Å². The molecular formula is C14H11Cl2NO2. The molecule has 0 radical (unpaired) electrons. The molecule has 0 saturated heterocycles. The number of carbonyl (C=O) groups is 1. The van der Waals surface area contributed by atoms with Crippen molar-refractivity contribution < 1.29 is 9.90 Å². The van der Waals surface area contributed by atoms with Crippen molar-refractivity contribution in [3.05, 3.63) is 57.6 Å². The number of hydrogen-bond donors (Lipinski definition) is 2. The molecule has 0 aliphatic heterocycles. The SMILES string of the molecule is Cc1ccc(C(=O)O)c(Nc2cc(Cl)ccc2Cl)c1. The summed E-state index contributed by atoms with van der Waals surface area (Å²) >= 11 is 12.0. The minimum atomic E-state index is -0.999. The van der Waals surface area contributed by atoms with Crippen LogP contribution in [0.2, 0.25) is 10.0 Å². The number of aromatic carboxylic acids is 1. The highest BCUT2D eigenvalue weighted by Gasteiger charge is 2.11. The highest BCUT2D eigenvalue weighted by Crippen LogP contribution is 2.30.